The van der Waals surface area contributed by atoms with Crippen molar-refractivity contribution >= 4 is 11.8 Å². The van der Waals surface area contributed by atoms with Gasteiger partial charge in [0.2, 0.25) is 0 Å². The Hall–Kier alpha value is -3.41. The predicted octanol–water partition coefficient (Wildman–Crippen LogP) is 6.20. The molecule has 0 spiro atoms. The van der Waals surface area contributed by atoms with Gasteiger partial charge in [0.05, 0.1) is 13.0 Å². The molecule has 0 bridgehead atoms. The van der Waals surface area contributed by atoms with Crippen LogP contribution in [0.1, 0.15) is 67.7 Å². The summed E-state index contributed by atoms with van der Waals surface area (Å²) in [5.74, 6) is 2.01. The molecule has 190 valence electrons. The van der Waals surface area contributed by atoms with E-state index in [9.17, 15) is 4.79 Å². The van der Waals surface area contributed by atoms with Crippen molar-refractivity contribution in [1.29, 1.82) is 0 Å². The molecule has 0 radical (unpaired) electrons. The van der Waals surface area contributed by atoms with E-state index in [0.717, 1.165) is 73.7 Å². The van der Waals surface area contributed by atoms with Crippen molar-refractivity contribution in [3.05, 3.63) is 70.9 Å². The van der Waals surface area contributed by atoms with Crippen LogP contribution in [0, 0.1) is 6.92 Å². The molecule has 0 aliphatic heterocycles. The molecule has 2 aromatic carbocycles. The van der Waals surface area contributed by atoms with Crippen LogP contribution in [0.5, 0.6) is 5.75 Å². The molecule has 1 atom stereocenters. The van der Waals surface area contributed by atoms with E-state index in [-0.39, 0.29) is 12.3 Å². The van der Waals surface area contributed by atoms with Gasteiger partial charge >= 0.3 is 5.97 Å². The average molecular weight is 488 g/mol. The fraction of sp³-hybridized carbons (Fsp3) is 0.433. The summed E-state index contributed by atoms with van der Waals surface area (Å²) in [6.07, 6.45) is 6.88. The Labute approximate surface area is 214 Å². The van der Waals surface area contributed by atoms with Gasteiger partial charge in [0.15, 0.2) is 5.82 Å². The molecule has 0 unspecified atom stereocenters. The van der Waals surface area contributed by atoms with Crippen LogP contribution in [0.2, 0.25) is 0 Å². The Kier molecular flexibility index (Phi) is 8.57. The second kappa shape index (κ2) is 12.0. The lowest BCUT2D eigenvalue weighted by molar-refractivity contribution is -0.137. The molecule has 36 heavy (non-hydrogen) atoms. The van der Waals surface area contributed by atoms with E-state index in [4.69, 9.17) is 14.8 Å². The van der Waals surface area contributed by atoms with Gasteiger partial charge in [-0.2, -0.15) is 0 Å². The molecule has 1 aromatic heterocycles. The number of benzene rings is 2. The zero-order valence-electron chi connectivity index (χ0n) is 21.7. The quantitative estimate of drug-likeness (QED) is 0.306. The van der Waals surface area contributed by atoms with E-state index < -0.39 is 5.97 Å². The highest BCUT2D eigenvalue weighted by atomic mass is 16.5. The summed E-state index contributed by atoms with van der Waals surface area (Å²) in [5, 5.41) is 9.14. The maximum absolute atomic E-state index is 11.1. The molecule has 0 amide bonds. The van der Waals surface area contributed by atoms with E-state index in [1.165, 1.54) is 16.7 Å². The van der Waals surface area contributed by atoms with Crippen molar-refractivity contribution in [3.8, 4) is 17.1 Å². The lowest BCUT2D eigenvalue weighted by Crippen LogP contribution is -2.28. The van der Waals surface area contributed by atoms with E-state index in [2.05, 4.69) is 61.0 Å². The number of carboxylic acid groups (broad SMARTS) is 1. The van der Waals surface area contributed by atoms with Gasteiger partial charge < -0.3 is 14.7 Å². The second-order valence-electron chi connectivity index (χ2n) is 9.63. The summed E-state index contributed by atoms with van der Waals surface area (Å²) in [5.41, 5.74) is 5.81. The Bertz CT molecular complexity index is 1180. The zero-order chi connectivity index (χ0) is 25.5. The van der Waals surface area contributed by atoms with E-state index in [0.29, 0.717) is 6.61 Å². The molecule has 3 aromatic rings. The summed E-state index contributed by atoms with van der Waals surface area (Å²) in [6.45, 7) is 8.81. The number of ether oxygens (including phenoxy) is 1. The molecule has 1 N–H and O–H groups in total. The van der Waals surface area contributed by atoms with Gasteiger partial charge in [-0.25, -0.2) is 9.97 Å². The van der Waals surface area contributed by atoms with Crippen molar-refractivity contribution in [2.45, 2.75) is 65.2 Å². The number of hydrogen-bond donors (Lipinski definition) is 1. The van der Waals surface area contributed by atoms with Crippen molar-refractivity contribution in [2.75, 3.05) is 24.6 Å². The minimum absolute atomic E-state index is 0.125. The van der Waals surface area contributed by atoms with E-state index in [1.54, 1.807) is 0 Å². The first-order chi connectivity index (χ1) is 17.5. The molecular formula is C30H37N3O3. The number of rotatable bonds is 12. The van der Waals surface area contributed by atoms with Crippen LogP contribution in [0.3, 0.4) is 0 Å². The highest BCUT2D eigenvalue weighted by molar-refractivity contribution is 5.68. The number of aryl methyl sites for hydroxylation is 3. The molecule has 6 nitrogen and oxygen atoms in total. The minimum Gasteiger partial charge on any atom is -0.494 e. The van der Waals surface area contributed by atoms with Crippen LogP contribution >= 0.6 is 0 Å². The smallest absolute Gasteiger partial charge is 0.303 e. The third-order valence-corrected chi connectivity index (χ3v) is 6.94. The number of carbonyl (C=O) groups is 1. The summed E-state index contributed by atoms with van der Waals surface area (Å²) in [4.78, 5) is 23.0. The van der Waals surface area contributed by atoms with Gasteiger partial charge in [-0.15, -0.1) is 0 Å². The first-order valence-electron chi connectivity index (χ1n) is 13.1. The molecule has 1 heterocycles. The number of fused-ring (bicyclic) bond motifs is 1. The zero-order valence-corrected chi connectivity index (χ0v) is 21.7. The first-order valence-corrected chi connectivity index (χ1v) is 13.1. The number of anilines is 1. The lowest BCUT2D eigenvalue weighted by atomic mass is 9.98. The average Bonchev–Trinajstić information content (AvgIpc) is 3.27. The van der Waals surface area contributed by atoms with Gasteiger partial charge in [-0.3, -0.25) is 4.79 Å². The molecule has 1 aliphatic carbocycles. The molecule has 0 saturated carbocycles. The highest BCUT2D eigenvalue weighted by Crippen LogP contribution is 2.37. The van der Waals surface area contributed by atoms with Gasteiger partial charge in [0.1, 0.15) is 11.6 Å². The Balaban J connectivity index is 1.37. The Morgan fingerprint density at radius 2 is 1.94 bits per heavy atom. The minimum atomic E-state index is -0.731. The van der Waals surface area contributed by atoms with Crippen LogP contribution in [0.25, 0.3) is 11.4 Å². The summed E-state index contributed by atoms with van der Waals surface area (Å²) in [7, 11) is 0. The van der Waals surface area contributed by atoms with E-state index >= 15 is 0 Å². The van der Waals surface area contributed by atoms with Crippen molar-refractivity contribution in [1.82, 2.24) is 9.97 Å². The molecule has 0 saturated heterocycles. The van der Waals surface area contributed by atoms with Crippen LogP contribution < -0.4 is 9.64 Å². The monoisotopic (exact) mass is 487 g/mol. The number of nitrogens with zero attached hydrogens (tertiary/aromatic N) is 3. The standard InChI is InChI=1S/C30H37N3O3/c1-4-15-33(30-21(3)20-31-29(32-30)23-9-7-22(5-2)8-10-23)16-6-17-36-26-13-14-27-24(18-26)11-12-25(27)19-28(34)35/h7-10,13-14,18,20,25H,4-6,11-12,15-17,19H2,1-3H3,(H,34,35)/t25-/m0/s1. The van der Waals surface area contributed by atoms with Crippen LogP contribution in [-0.4, -0.2) is 40.7 Å². The molecule has 6 heteroatoms. The van der Waals surface area contributed by atoms with Crippen molar-refractivity contribution < 1.29 is 14.6 Å². The van der Waals surface area contributed by atoms with Gasteiger partial charge in [-0.1, -0.05) is 44.2 Å². The van der Waals surface area contributed by atoms with Crippen molar-refractivity contribution in [3.63, 3.8) is 0 Å². The summed E-state index contributed by atoms with van der Waals surface area (Å²) >= 11 is 0. The lowest BCUT2D eigenvalue weighted by Gasteiger charge is -2.25. The Morgan fingerprint density at radius 3 is 2.67 bits per heavy atom. The molecular weight excluding hydrogens is 450 g/mol. The molecule has 0 fully saturated rings. The van der Waals surface area contributed by atoms with Crippen LogP contribution in [-0.2, 0) is 17.6 Å². The summed E-state index contributed by atoms with van der Waals surface area (Å²) < 4.78 is 6.08. The largest absolute Gasteiger partial charge is 0.494 e. The van der Waals surface area contributed by atoms with Crippen molar-refractivity contribution in [2.24, 2.45) is 0 Å². The molecule has 1 aliphatic rings. The van der Waals surface area contributed by atoms with Gasteiger partial charge in [-0.05, 0) is 73.8 Å². The SMILES string of the molecule is CCCN(CCCOc1ccc2c(c1)CC[C@H]2CC(=O)O)c1nc(-c2ccc(CC)cc2)ncc1C. The fourth-order valence-corrected chi connectivity index (χ4v) is 5.02. The normalized spacial score (nSPS) is 14.5. The Morgan fingerprint density at radius 1 is 1.14 bits per heavy atom. The van der Waals surface area contributed by atoms with E-state index in [1.807, 2.05) is 18.3 Å². The maximum Gasteiger partial charge on any atom is 0.303 e. The fourth-order valence-electron chi connectivity index (χ4n) is 5.02. The summed E-state index contributed by atoms with van der Waals surface area (Å²) in [6, 6.07) is 14.6. The number of hydrogen-bond acceptors (Lipinski definition) is 5. The first kappa shape index (κ1) is 25.7. The highest BCUT2D eigenvalue weighted by Gasteiger charge is 2.25. The third kappa shape index (κ3) is 6.23. The maximum atomic E-state index is 11.1. The van der Waals surface area contributed by atoms with Crippen LogP contribution in [0.15, 0.2) is 48.7 Å². The van der Waals surface area contributed by atoms with Gasteiger partial charge in [0, 0.05) is 30.4 Å². The second-order valence-corrected chi connectivity index (χ2v) is 9.63. The van der Waals surface area contributed by atoms with Gasteiger partial charge in [0.25, 0.3) is 0 Å². The molecule has 4 rings (SSSR count). The number of aromatic nitrogens is 2. The number of carboxylic acids is 1. The van der Waals surface area contributed by atoms with Crippen LogP contribution in [0.4, 0.5) is 5.82 Å². The predicted molar refractivity (Wildman–Crippen MR) is 144 cm³/mol. The topological polar surface area (TPSA) is 75.5 Å². The number of aliphatic carboxylic acids is 1. The third-order valence-electron chi connectivity index (χ3n) is 6.94.